The van der Waals surface area contributed by atoms with E-state index in [1.807, 2.05) is 0 Å². The summed E-state index contributed by atoms with van der Waals surface area (Å²) in [5, 5.41) is 26.4. The van der Waals surface area contributed by atoms with Crippen molar-refractivity contribution in [1.82, 2.24) is 0 Å². The highest BCUT2D eigenvalue weighted by molar-refractivity contribution is 5.94. The Kier molecular flexibility index (Phi) is 5.69. The molecule has 5 nitrogen and oxygen atoms in total. The largest absolute Gasteiger partial charge is 0.478 e. The van der Waals surface area contributed by atoms with E-state index in [0.29, 0.717) is 6.07 Å². The number of carbonyl (C=O) groups is 2. The molecule has 0 spiro atoms. The Labute approximate surface area is 129 Å². The molecule has 0 aliphatic heterocycles. The number of halogens is 7. The third kappa shape index (κ3) is 3.67. The van der Waals surface area contributed by atoms with Crippen LogP contribution in [0.15, 0.2) is 18.2 Å². The van der Waals surface area contributed by atoms with Gasteiger partial charge >= 0.3 is 24.3 Å². The van der Waals surface area contributed by atoms with Gasteiger partial charge in [-0.05, 0) is 18.2 Å². The van der Waals surface area contributed by atoms with Gasteiger partial charge in [0.15, 0.2) is 0 Å². The SMILES string of the molecule is Cl.O=C(O)c1cc(C(=O)O)cc(C(O)(C(F)(F)F)C(F)(F)F)c1. The molecule has 1 rings (SSSR count). The Morgan fingerprint density at radius 1 is 0.783 bits per heavy atom. The van der Waals surface area contributed by atoms with Gasteiger partial charge in [-0.25, -0.2) is 9.59 Å². The second-order valence-corrected chi connectivity index (χ2v) is 4.12. The lowest BCUT2D eigenvalue weighted by Gasteiger charge is -2.32. The van der Waals surface area contributed by atoms with Crippen molar-refractivity contribution in [2.45, 2.75) is 18.0 Å². The lowest BCUT2D eigenvalue weighted by atomic mass is 9.89. The van der Waals surface area contributed by atoms with E-state index in [1.165, 1.54) is 0 Å². The Morgan fingerprint density at radius 3 is 1.30 bits per heavy atom. The maximum absolute atomic E-state index is 12.7. The molecule has 1 aromatic rings. The highest BCUT2D eigenvalue weighted by Gasteiger charge is 2.71. The zero-order valence-electron chi connectivity index (χ0n) is 10.6. The Morgan fingerprint density at radius 2 is 1.09 bits per heavy atom. The minimum absolute atomic E-state index is 0. The highest BCUT2D eigenvalue weighted by atomic mass is 35.5. The second-order valence-electron chi connectivity index (χ2n) is 4.12. The van der Waals surface area contributed by atoms with Gasteiger partial charge in [-0.1, -0.05) is 0 Å². The molecule has 3 N–H and O–H groups in total. The molecule has 0 amide bonds. The van der Waals surface area contributed by atoms with Crippen LogP contribution in [0.1, 0.15) is 26.3 Å². The minimum Gasteiger partial charge on any atom is -0.478 e. The molecule has 0 aliphatic rings. The van der Waals surface area contributed by atoms with E-state index < -0.39 is 46.6 Å². The number of hydrogen-bond acceptors (Lipinski definition) is 3. The molecule has 0 aromatic heterocycles. The molecule has 0 unspecified atom stereocenters. The van der Waals surface area contributed by atoms with Crippen molar-refractivity contribution in [3.05, 3.63) is 34.9 Å². The van der Waals surface area contributed by atoms with Crippen LogP contribution in [-0.2, 0) is 5.60 Å². The van der Waals surface area contributed by atoms with Crippen LogP contribution >= 0.6 is 12.4 Å². The normalized spacial score (nSPS) is 12.5. The second kappa shape index (κ2) is 6.24. The van der Waals surface area contributed by atoms with Crippen molar-refractivity contribution >= 4 is 24.3 Å². The van der Waals surface area contributed by atoms with E-state index in [-0.39, 0.29) is 24.5 Å². The summed E-state index contributed by atoms with van der Waals surface area (Å²) in [6.07, 6.45) is -12.5. The van der Waals surface area contributed by atoms with Crippen LogP contribution in [-0.4, -0.2) is 39.6 Å². The monoisotopic (exact) mass is 368 g/mol. The molecule has 0 saturated heterocycles. The smallest absolute Gasteiger partial charge is 0.430 e. The van der Waals surface area contributed by atoms with Gasteiger partial charge in [0.1, 0.15) is 0 Å². The fourth-order valence-electron chi connectivity index (χ4n) is 1.57. The minimum atomic E-state index is -6.25. The Bertz CT molecular complexity index is 578. The summed E-state index contributed by atoms with van der Waals surface area (Å²) in [6.45, 7) is 0. The molecule has 0 saturated carbocycles. The summed E-state index contributed by atoms with van der Waals surface area (Å²) < 4.78 is 76.1. The molecule has 0 heterocycles. The number of benzene rings is 1. The summed E-state index contributed by atoms with van der Waals surface area (Å²) in [7, 11) is 0. The molecule has 1 aromatic carbocycles. The molecule has 0 radical (unpaired) electrons. The van der Waals surface area contributed by atoms with Gasteiger partial charge in [0, 0.05) is 5.56 Å². The number of rotatable bonds is 3. The van der Waals surface area contributed by atoms with Gasteiger partial charge in [0.25, 0.3) is 5.60 Å². The molecule has 130 valence electrons. The molecule has 23 heavy (non-hydrogen) atoms. The molecule has 0 bridgehead atoms. The lowest BCUT2D eigenvalue weighted by molar-refractivity contribution is -0.376. The summed E-state index contributed by atoms with van der Waals surface area (Å²) >= 11 is 0. The average Bonchev–Trinajstić information content (AvgIpc) is 2.34. The van der Waals surface area contributed by atoms with E-state index in [0.717, 1.165) is 0 Å². The Hall–Kier alpha value is -2.01. The predicted molar refractivity (Wildman–Crippen MR) is 63.6 cm³/mol. The molecule has 12 heteroatoms. The number of carboxylic acids is 2. The van der Waals surface area contributed by atoms with E-state index in [2.05, 4.69) is 0 Å². The van der Waals surface area contributed by atoms with Crippen molar-refractivity contribution in [1.29, 1.82) is 0 Å². The molecular weight excluding hydrogens is 362 g/mol. The molecule has 0 atom stereocenters. The fraction of sp³-hybridized carbons (Fsp3) is 0.273. The van der Waals surface area contributed by atoms with Crippen molar-refractivity contribution in [2.75, 3.05) is 0 Å². The first kappa shape index (κ1) is 21.0. The van der Waals surface area contributed by atoms with Crippen LogP contribution in [0, 0.1) is 0 Å². The van der Waals surface area contributed by atoms with E-state index >= 15 is 0 Å². The first-order chi connectivity index (χ1) is 9.71. The topological polar surface area (TPSA) is 94.8 Å². The van der Waals surface area contributed by atoms with Gasteiger partial charge < -0.3 is 15.3 Å². The van der Waals surface area contributed by atoms with Crippen molar-refractivity contribution < 1.29 is 51.3 Å². The van der Waals surface area contributed by atoms with E-state index in [4.69, 9.17) is 15.3 Å². The van der Waals surface area contributed by atoms with Gasteiger partial charge in [0.2, 0.25) is 0 Å². The first-order valence-electron chi connectivity index (χ1n) is 5.20. The van der Waals surface area contributed by atoms with Gasteiger partial charge in [-0.15, -0.1) is 12.4 Å². The van der Waals surface area contributed by atoms with Crippen LogP contribution in [0.4, 0.5) is 26.3 Å². The number of alkyl halides is 6. The number of hydrogen-bond donors (Lipinski definition) is 3. The van der Waals surface area contributed by atoms with E-state index in [1.54, 1.807) is 0 Å². The lowest BCUT2D eigenvalue weighted by Crippen LogP contribution is -2.54. The van der Waals surface area contributed by atoms with Gasteiger partial charge in [-0.3, -0.25) is 0 Å². The number of aliphatic hydroxyl groups is 1. The fourth-order valence-corrected chi connectivity index (χ4v) is 1.57. The number of aromatic carboxylic acids is 2. The van der Waals surface area contributed by atoms with Crippen molar-refractivity contribution in [2.24, 2.45) is 0 Å². The molecule has 0 fully saturated rings. The summed E-state index contributed by atoms with van der Waals surface area (Å²) in [5.74, 6) is -3.92. The maximum atomic E-state index is 12.7. The first-order valence-corrected chi connectivity index (χ1v) is 5.20. The molecular formula is C11H7ClF6O5. The third-order valence-electron chi connectivity index (χ3n) is 2.67. The van der Waals surface area contributed by atoms with Crippen LogP contribution in [0.2, 0.25) is 0 Å². The summed E-state index contributed by atoms with van der Waals surface area (Å²) in [6, 6.07) is 0.187. The zero-order valence-corrected chi connectivity index (χ0v) is 11.4. The van der Waals surface area contributed by atoms with Crippen molar-refractivity contribution in [3.8, 4) is 0 Å². The van der Waals surface area contributed by atoms with Gasteiger partial charge in [-0.2, -0.15) is 26.3 Å². The summed E-state index contributed by atoms with van der Waals surface area (Å²) in [5.41, 5.74) is -9.66. The van der Waals surface area contributed by atoms with Crippen molar-refractivity contribution in [3.63, 3.8) is 0 Å². The Balaban J connectivity index is 0.00000484. The standard InChI is InChI=1S/C11H6F6O5.ClH/c12-10(13,14)9(22,11(15,16)17)6-2-4(7(18)19)1-5(3-6)8(20)21;/h1-3,22H,(H,18,19)(H,20,21);1H. The summed E-state index contributed by atoms with van der Waals surface area (Å²) in [4.78, 5) is 21.4. The molecule has 0 aliphatic carbocycles. The quantitative estimate of drug-likeness (QED) is 0.713. The number of carboxylic acid groups (broad SMARTS) is 2. The third-order valence-corrected chi connectivity index (χ3v) is 2.67. The van der Waals surface area contributed by atoms with Crippen LogP contribution in [0.5, 0.6) is 0 Å². The van der Waals surface area contributed by atoms with E-state index in [9.17, 15) is 35.9 Å². The average molecular weight is 369 g/mol. The van der Waals surface area contributed by atoms with Gasteiger partial charge in [0.05, 0.1) is 11.1 Å². The zero-order chi connectivity index (χ0) is 17.5. The predicted octanol–water partition coefficient (Wildman–Crippen LogP) is 2.82. The van der Waals surface area contributed by atoms with Crippen LogP contribution in [0.3, 0.4) is 0 Å². The van der Waals surface area contributed by atoms with Crippen LogP contribution in [0.25, 0.3) is 0 Å². The van der Waals surface area contributed by atoms with Crippen LogP contribution < -0.4 is 0 Å². The maximum Gasteiger partial charge on any atom is 0.430 e. The highest BCUT2D eigenvalue weighted by Crippen LogP contribution is 2.50.